The lowest BCUT2D eigenvalue weighted by Crippen LogP contribution is -2.42. The van der Waals surface area contributed by atoms with Gasteiger partial charge in [-0.25, -0.2) is 4.39 Å². The first kappa shape index (κ1) is 20.7. The molecule has 1 aromatic heterocycles. The molecule has 7 heteroatoms. The highest BCUT2D eigenvalue weighted by molar-refractivity contribution is 5.93. The quantitative estimate of drug-likeness (QED) is 0.655. The van der Waals surface area contributed by atoms with Crippen LogP contribution in [0.15, 0.2) is 66.9 Å². The molecule has 1 aliphatic heterocycles. The van der Waals surface area contributed by atoms with Gasteiger partial charge >= 0.3 is 0 Å². The van der Waals surface area contributed by atoms with Crippen molar-refractivity contribution in [1.29, 1.82) is 0 Å². The first-order chi connectivity index (χ1) is 15.0. The maximum atomic E-state index is 13.1. The minimum atomic E-state index is -0.369. The molecule has 6 nitrogen and oxygen atoms in total. The van der Waals surface area contributed by atoms with Crippen LogP contribution in [0.2, 0.25) is 0 Å². The molecule has 2 amide bonds. The van der Waals surface area contributed by atoms with Crippen molar-refractivity contribution in [3.05, 3.63) is 83.9 Å². The number of hydrogen-bond donors (Lipinski definition) is 1. The molecule has 0 bridgehead atoms. The molecule has 2 aromatic carbocycles. The van der Waals surface area contributed by atoms with Gasteiger partial charge in [-0.2, -0.15) is 0 Å². The van der Waals surface area contributed by atoms with E-state index in [1.807, 2.05) is 47.5 Å². The fourth-order valence-electron chi connectivity index (χ4n) is 3.94. The van der Waals surface area contributed by atoms with Gasteiger partial charge in [0.05, 0.1) is 13.2 Å². The lowest BCUT2D eigenvalue weighted by molar-refractivity contribution is -0.135. The molecule has 0 spiro atoms. The van der Waals surface area contributed by atoms with Crippen LogP contribution in [0.1, 0.15) is 30.1 Å². The van der Waals surface area contributed by atoms with Crippen molar-refractivity contribution >= 4 is 17.5 Å². The summed E-state index contributed by atoms with van der Waals surface area (Å²) in [4.78, 5) is 27.2. The molecule has 4 rings (SSSR count). The maximum Gasteiger partial charge on any atom is 0.224 e. The number of nitrogens with zero attached hydrogens (tertiary/aromatic N) is 2. The number of fused-ring (bicyclic) bond motifs is 1. The van der Waals surface area contributed by atoms with Crippen molar-refractivity contribution in [2.24, 2.45) is 0 Å². The summed E-state index contributed by atoms with van der Waals surface area (Å²) in [6.07, 6.45) is 2.16. The normalized spacial score (nSPS) is 15.3. The number of rotatable bonds is 6. The van der Waals surface area contributed by atoms with Gasteiger partial charge in [-0.1, -0.05) is 12.1 Å². The van der Waals surface area contributed by atoms with Crippen molar-refractivity contribution in [3.63, 3.8) is 0 Å². The number of carbonyl (C=O) groups excluding carboxylic acids is 2. The summed E-state index contributed by atoms with van der Waals surface area (Å²) in [5.74, 6) is -0.00772. The van der Waals surface area contributed by atoms with Gasteiger partial charge in [0.2, 0.25) is 11.8 Å². The summed E-state index contributed by atoms with van der Waals surface area (Å²) in [5.41, 5.74) is 2.50. The number of anilines is 1. The predicted molar refractivity (Wildman–Crippen MR) is 115 cm³/mol. The number of halogens is 1. The molecule has 0 saturated carbocycles. The maximum absolute atomic E-state index is 13.1. The Labute approximate surface area is 180 Å². The number of amides is 2. The smallest absolute Gasteiger partial charge is 0.224 e. The summed E-state index contributed by atoms with van der Waals surface area (Å²) in [5, 5.41) is 2.70. The lowest BCUT2D eigenvalue weighted by atomic mass is 9.99. The van der Waals surface area contributed by atoms with Crippen LogP contribution in [0, 0.1) is 5.82 Å². The molecular weight excluding hydrogens is 397 g/mol. The fraction of sp³-hybridized carbons (Fsp3) is 0.250. The van der Waals surface area contributed by atoms with Gasteiger partial charge in [0.25, 0.3) is 0 Å². The molecule has 0 aliphatic carbocycles. The summed E-state index contributed by atoms with van der Waals surface area (Å²) < 4.78 is 20.5. The van der Waals surface area contributed by atoms with E-state index in [1.54, 1.807) is 7.11 Å². The highest BCUT2D eigenvalue weighted by Crippen LogP contribution is 2.34. The van der Waals surface area contributed by atoms with Crippen molar-refractivity contribution in [1.82, 2.24) is 9.47 Å². The zero-order valence-corrected chi connectivity index (χ0v) is 17.3. The van der Waals surface area contributed by atoms with E-state index < -0.39 is 0 Å². The SMILES string of the molecule is COc1cccc(C2c3cccn3CCN2C(=O)CCC(=O)Nc2ccc(F)cc2)c1. The molecule has 1 aliphatic rings. The Bertz CT molecular complexity index is 1080. The third-order valence-corrected chi connectivity index (χ3v) is 5.46. The number of ether oxygens (including phenoxy) is 1. The van der Waals surface area contributed by atoms with Crippen LogP contribution in [0.4, 0.5) is 10.1 Å². The van der Waals surface area contributed by atoms with E-state index in [0.717, 1.165) is 17.0 Å². The average molecular weight is 421 g/mol. The van der Waals surface area contributed by atoms with Gasteiger partial charge in [-0.3, -0.25) is 9.59 Å². The summed E-state index contributed by atoms with van der Waals surface area (Å²) >= 11 is 0. The molecule has 160 valence electrons. The third-order valence-electron chi connectivity index (χ3n) is 5.46. The Morgan fingerprint density at radius 3 is 2.65 bits per heavy atom. The van der Waals surface area contributed by atoms with Crippen LogP contribution in [0.25, 0.3) is 0 Å². The molecule has 0 radical (unpaired) electrons. The third kappa shape index (κ3) is 4.60. The zero-order valence-electron chi connectivity index (χ0n) is 17.3. The van der Waals surface area contributed by atoms with Crippen LogP contribution in [0.3, 0.4) is 0 Å². The molecule has 1 unspecified atom stereocenters. The molecule has 3 aromatic rings. The van der Waals surface area contributed by atoms with Crippen LogP contribution in [0.5, 0.6) is 5.75 Å². The Hall–Kier alpha value is -3.61. The molecule has 2 heterocycles. The van der Waals surface area contributed by atoms with Crippen molar-refractivity contribution in [2.75, 3.05) is 19.0 Å². The molecule has 0 fully saturated rings. The van der Waals surface area contributed by atoms with E-state index in [2.05, 4.69) is 9.88 Å². The molecular formula is C24H24FN3O3. The van der Waals surface area contributed by atoms with Gasteiger partial charge in [0.15, 0.2) is 0 Å². The number of carbonyl (C=O) groups is 2. The second kappa shape index (κ2) is 9.04. The highest BCUT2D eigenvalue weighted by Gasteiger charge is 2.32. The summed E-state index contributed by atoms with van der Waals surface area (Å²) in [6, 6.07) is 17.0. The van der Waals surface area contributed by atoms with Crippen LogP contribution < -0.4 is 10.1 Å². The molecule has 31 heavy (non-hydrogen) atoms. The predicted octanol–water partition coefficient (Wildman–Crippen LogP) is 3.99. The molecule has 1 N–H and O–H groups in total. The first-order valence-corrected chi connectivity index (χ1v) is 10.2. The first-order valence-electron chi connectivity index (χ1n) is 10.2. The standard InChI is InChI=1S/C24H24FN3O3/c1-31-20-5-2-4-17(16-20)24-21-6-3-13-27(21)14-15-28(24)23(30)12-11-22(29)26-19-9-7-18(25)8-10-19/h2-10,13,16,24H,11-12,14-15H2,1H3,(H,26,29). The monoisotopic (exact) mass is 421 g/mol. The number of benzene rings is 2. The highest BCUT2D eigenvalue weighted by atomic mass is 19.1. The number of nitrogens with one attached hydrogen (secondary N) is 1. The van der Waals surface area contributed by atoms with Crippen LogP contribution in [-0.4, -0.2) is 34.9 Å². The summed E-state index contributed by atoms with van der Waals surface area (Å²) in [7, 11) is 1.62. The summed E-state index contributed by atoms with van der Waals surface area (Å²) in [6.45, 7) is 1.26. The van der Waals surface area contributed by atoms with E-state index in [9.17, 15) is 14.0 Å². The van der Waals surface area contributed by atoms with Crippen molar-refractivity contribution in [3.8, 4) is 5.75 Å². The van der Waals surface area contributed by atoms with Gasteiger partial charge in [-0.15, -0.1) is 0 Å². The van der Waals surface area contributed by atoms with Crippen LogP contribution in [-0.2, 0) is 16.1 Å². The lowest BCUT2D eigenvalue weighted by Gasteiger charge is -2.37. The molecule has 0 saturated heterocycles. The minimum absolute atomic E-state index is 0.0541. The Morgan fingerprint density at radius 2 is 1.87 bits per heavy atom. The van der Waals surface area contributed by atoms with Crippen molar-refractivity contribution in [2.45, 2.75) is 25.4 Å². The fourth-order valence-corrected chi connectivity index (χ4v) is 3.94. The number of methoxy groups -OCH3 is 1. The average Bonchev–Trinajstić information content (AvgIpc) is 3.27. The van der Waals surface area contributed by atoms with Crippen LogP contribution >= 0.6 is 0 Å². The van der Waals surface area contributed by atoms with E-state index >= 15 is 0 Å². The Kier molecular flexibility index (Phi) is 6.02. The Morgan fingerprint density at radius 1 is 1.06 bits per heavy atom. The van der Waals surface area contributed by atoms with Gasteiger partial charge < -0.3 is 19.5 Å². The van der Waals surface area contributed by atoms with E-state index in [-0.39, 0.29) is 36.5 Å². The van der Waals surface area contributed by atoms with E-state index in [4.69, 9.17) is 4.74 Å². The molecule has 1 atom stereocenters. The van der Waals surface area contributed by atoms with E-state index in [1.165, 1.54) is 24.3 Å². The van der Waals surface area contributed by atoms with Gasteiger partial charge in [0, 0.05) is 43.5 Å². The van der Waals surface area contributed by atoms with Gasteiger partial charge in [-0.05, 0) is 54.1 Å². The second-order valence-electron chi connectivity index (χ2n) is 7.45. The number of aromatic nitrogens is 1. The van der Waals surface area contributed by atoms with E-state index in [0.29, 0.717) is 18.8 Å². The topological polar surface area (TPSA) is 63.6 Å². The van der Waals surface area contributed by atoms with Crippen molar-refractivity contribution < 1.29 is 18.7 Å². The Balaban J connectivity index is 1.48. The minimum Gasteiger partial charge on any atom is -0.497 e. The number of hydrogen-bond acceptors (Lipinski definition) is 3. The second-order valence-corrected chi connectivity index (χ2v) is 7.45. The zero-order chi connectivity index (χ0) is 21.8. The largest absolute Gasteiger partial charge is 0.497 e. The van der Waals surface area contributed by atoms with Gasteiger partial charge in [0.1, 0.15) is 11.6 Å².